The van der Waals surface area contributed by atoms with Gasteiger partial charge >= 0.3 is 5.51 Å². The molecule has 0 saturated carbocycles. The summed E-state index contributed by atoms with van der Waals surface area (Å²) in [4.78, 5) is 0. The van der Waals surface area contributed by atoms with Crippen molar-refractivity contribution in [2.45, 2.75) is 5.51 Å². The predicted octanol–water partition coefficient (Wildman–Crippen LogP) is 2.64. The van der Waals surface area contributed by atoms with Crippen LogP contribution in [-0.4, -0.2) is 25.6 Å². The summed E-state index contributed by atoms with van der Waals surface area (Å²) in [6.45, 7) is 0. The first-order valence-corrected chi connectivity index (χ1v) is 7.94. The highest BCUT2D eigenvalue weighted by atomic mass is 32.2. The zero-order valence-corrected chi connectivity index (χ0v) is 13.1. The van der Waals surface area contributed by atoms with Gasteiger partial charge in [-0.05, 0) is 17.5 Å². The van der Waals surface area contributed by atoms with Gasteiger partial charge in [0.1, 0.15) is 0 Å². The molecule has 0 spiro atoms. The van der Waals surface area contributed by atoms with E-state index >= 15 is 0 Å². The summed E-state index contributed by atoms with van der Waals surface area (Å²) in [5, 5.41) is 2.44. The second kappa shape index (κ2) is 6.62. The highest BCUT2D eigenvalue weighted by Crippen LogP contribution is 2.24. The number of hydrogen-bond acceptors (Lipinski definition) is 4. The van der Waals surface area contributed by atoms with Crippen LogP contribution in [0.1, 0.15) is 0 Å². The number of alkyl halides is 3. The summed E-state index contributed by atoms with van der Waals surface area (Å²) < 4.78 is 66.4. The SMILES string of the molecule is COc1ccc[n+]2ccc3ccccc3c12.O=S(=O)([O-])C(F)(F)F. The smallest absolute Gasteiger partial charge is 0.485 e. The first kappa shape index (κ1) is 18.0. The van der Waals surface area contributed by atoms with E-state index in [-0.39, 0.29) is 0 Å². The lowest BCUT2D eigenvalue weighted by Gasteiger charge is -2.08. The third-order valence-corrected chi connectivity index (χ3v) is 3.69. The van der Waals surface area contributed by atoms with Crippen LogP contribution in [0.15, 0.2) is 54.9 Å². The fraction of sp³-hybridized carbons (Fsp3) is 0.133. The Balaban J connectivity index is 0.000000224. The number of nitrogens with zero attached hydrogens (tertiary/aromatic N) is 1. The minimum absolute atomic E-state index is 0.902. The second-order valence-electron chi connectivity index (χ2n) is 4.64. The Morgan fingerprint density at radius 3 is 2.25 bits per heavy atom. The second-order valence-corrected chi connectivity index (χ2v) is 6.01. The molecule has 24 heavy (non-hydrogen) atoms. The van der Waals surface area contributed by atoms with Crippen LogP contribution in [0.3, 0.4) is 0 Å². The standard InChI is InChI=1S/C14H12NO.CHF3O3S/c1-16-13-7-4-9-15-10-8-11-5-2-3-6-12(11)14(13)15;2-1(3,4)8(5,6)7/h2-10H,1H3;(H,5,6,7)/q+1;/p-1. The Labute approximate surface area is 135 Å². The van der Waals surface area contributed by atoms with Gasteiger partial charge in [-0.2, -0.15) is 17.6 Å². The van der Waals surface area contributed by atoms with Crippen LogP contribution >= 0.6 is 0 Å². The molecule has 0 fully saturated rings. The minimum atomic E-state index is -6.09. The van der Waals surface area contributed by atoms with Gasteiger partial charge in [-0.1, -0.05) is 18.2 Å². The van der Waals surface area contributed by atoms with E-state index in [1.165, 1.54) is 10.8 Å². The molecule has 3 aromatic rings. The number of methoxy groups -OCH3 is 1. The van der Waals surface area contributed by atoms with Crippen LogP contribution in [0, 0.1) is 0 Å². The molecular formula is C15H12F3NO4S. The molecule has 9 heteroatoms. The quantitative estimate of drug-likeness (QED) is 0.290. The van der Waals surface area contributed by atoms with E-state index in [9.17, 15) is 13.2 Å². The van der Waals surface area contributed by atoms with Gasteiger partial charge in [-0.25, -0.2) is 8.42 Å². The van der Waals surface area contributed by atoms with Crippen LogP contribution < -0.4 is 9.14 Å². The van der Waals surface area contributed by atoms with Gasteiger partial charge in [0.05, 0.1) is 12.5 Å². The van der Waals surface area contributed by atoms with Crippen molar-refractivity contribution in [2.24, 2.45) is 0 Å². The lowest BCUT2D eigenvalue weighted by molar-refractivity contribution is -0.511. The molecule has 0 saturated heterocycles. The number of aromatic nitrogens is 1. The molecule has 2 aromatic heterocycles. The molecule has 0 aliphatic carbocycles. The predicted molar refractivity (Wildman–Crippen MR) is 79.4 cm³/mol. The fourth-order valence-electron chi connectivity index (χ4n) is 2.08. The van der Waals surface area contributed by atoms with E-state index in [0.29, 0.717) is 0 Å². The first-order valence-electron chi connectivity index (χ1n) is 6.53. The molecule has 5 nitrogen and oxygen atoms in total. The molecule has 0 radical (unpaired) electrons. The van der Waals surface area contributed by atoms with E-state index < -0.39 is 15.6 Å². The first-order chi connectivity index (χ1) is 11.1. The fourth-order valence-corrected chi connectivity index (χ4v) is 2.08. The Morgan fingerprint density at radius 2 is 1.67 bits per heavy atom. The molecule has 0 atom stereocenters. The lowest BCUT2D eigenvalue weighted by atomic mass is 10.1. The van der Waals surface area contributed by atoms with Gasteiger partial charge in [0.2, 0.25) is 0 Å². The Hall–Kier alpha value is -2.39. The van der Waals surface area contributed by atoms with Crippen molar-refractivity contribution < 1.29 is 35.3 Å². The molecule has 0 amide bonds. The van der Waals surface area contributed by atoms with Gasteiger partial charge in [0.25, 0.3) is 5.52 Å². The summed E-state index contributed by atoms with van der Waals surface area (Å²) in [7, 11) is -4.38. The number of halogens is 3. The Morgan fingerprint density at radius 1 is 1.04 bits per heavy atom. The summed E-state index contributed by atoms with van der Waals surface area (Å²) in [6.07, 6.45) is 4.09. The van der Waals surface area contributed by atoms with Crippen molar-refractivity contribution in [2.75, 3.05) is 7.11 Å². The maximum Gasteiger partial charge on any atom is 0.485 e. The maximum absolute atomic E-state index is 10.7. The van der Waals surface area contributed by atoms with Crippen LogP contribution in [0.5, 0.6) is 5.75 Å². The highest BCUT2D eigenvalue weighted by Gasteiger charge is 2.36. The van der Waals surface area contributed by atoms with Gasteiger partial charge in [0.15, 0.2) is 28.3 Å². The van der Waals surface area contributed by atoms with Crippen molar-refractivity contribution >= 4 is 26.4 Å². The zero-order valence-electron chi connectivity index (χ0n) is 12.3. The number of benzene rings is 1. The van der Waals surface area contributed by atoms with Gasteiger partial charge < -0.3 is 9.29 Å². The molecule has 0 bridgehead atoms. The van der Waals surface area contributed by atoms with Crippen LogP contribution in [-0.2, 0) is 10.1 Å². The number of rotatable bonds is 1. The van der Waals surface area contributed by atoms with Gasteiger partial charge in [0, 0.05) is 12.1 Å². The van der Waals surface area contributed by atoms with Crippen molar-refractivity contribution in [3.8, 4) is 5.75 Å². The maximum atomic E-state index is 10.7. The van der Waals surface area contributed by atoms with Crippen molar-refractivity contribution in [1.82, 2.24) is 0 Å². The third-order valence-electron chi connectivity index (χ3n) is 3.12. The lowest BCUT2D eigenvalue weighted by Crippen LogP contribution is -2.21. The minimum Gasteiger partial charge on any atom is -0.741 e. The van der Waals surface area contributed by atoms with E-state index in [1.54, 1.807) is 7.11 Å². The molecule has 0 aliphatic rings. The number of pyridine rings is 2. The average molecular weight is 359 g/mol. The average Bonchev–Trinajstić information content (AvgIpc) is 2.52. The summed E-state index contributed by atoms with van der Waals surface area (Å²) in [6, 6.07) is 14.4. The third kappa shape index (κ3) is 3.74. The zero-order chi connectivity index (χ0) is 18.0. The highest BCUT2D eigenvalue weighted by molar-refractivity contribution is 7.86. The number of fused-ring (bicyclic) bond motifs is 3. The Kier molecular flexibility index (Phi) is 4.95. The van der Waals surface area contributed by atoms with Crippen molar-refractivity contribution in [3.05, 3.63) is 54.9 Å². The van der Waals surface area contributed by atoms with Gasteiger partial charge in [-0.3, -0.25) is 0 Å². The molecule has 0 N–H and O–H groups in total. The van der Waals surface area contributed by atoms with Crippen LogP contribution in [0.4, 0.5) is 13.2 Å². The van der Waals surface area contributed by atoms with E-state index in [0.717, 1.165) is 11.3 Å². The Bertz CT molecular complexity index is 971. The molecule has 1 aromatic carbocycles. The van der Waals surface area contributed by atoms with Gasteiger partial charge in [-0.15, -0.1) is 0 Å². The van der Waals surface area contributed by atoms with Crippen molar-refractivity contribution in [3.63, 3.8) is 0 Å². The normalized spacial score (nSPS) is 11.9. The summed E-state index contributed by atoms with van der Waals surface area (Å²) in [5.74, 6) is 0.902. The molecule has 0 aliphatic heterocycles. The monoisotopic (exact) mass is 359 g/mol. The van der Waals surface area contributed by atoms with E-state index in [2.05, 4.69) is 34.9 Å². The molecule has 128 valence electrons. The van der Waals surface area contributed by atoms with Crippen LogP contribution in [0.2, 0.25) is 0 Å². The number of ether oxygens (including phenoxy) is 1. The topological polar surface area (TPSA) is 70.5 Å². The summed E-state index contributed by atoms with van der Waals surface area (Å²) >= 11 is 0. The number of hydrogen-bond donors (Lipinski definition) is 0. The van der Waals surface area contributed by atoms with E-state index in [1.807, 2.05) is 24.4 Å². The molecule has 3 rings (SSSR count). The van der Waals surface area contributed by atoms with E-state index in [4.69, 9.17) is 17.7 Å². The van der Waals surface area contributed by atoms with Crippen LogP contribution in [0.25, 0.3) is 16.3 Å². The molecular weight excluding hydrogens is 347 g/mol. The van der Waals surface area contributed by atoms with Crippen molar-refractivity contribution in [1.29, 1.82) is 0 Å². The summed E-state index contributed by atoms with van der Waals surface area (Å²) in [5.41, 5.74) is -4.53. The molecule has 0 unspecified atom stereocenters. The molecule has 2 heterocycles. The largest absolute Gasteiger partial charge is 0.741 e.